The topological polar surface area (TPSA) is 90.1 Å². The van der Waals surface area contributed by atoms with Gasteiger partial charge in [0.15, 0.2) is 5.82 Å². The molecule has 13 heteroatoms. The zero-order valence-corrected chi connectivity index (χ0v) is 26.1. The van der Waals surface area contributed by atoms with E-state index in [1.165, 1.54) is 11.9 Å². The van der Waals surface area contributed by atoms with Gasteiger partial charge < -0.3 is 9.64 Å². The fourth-order valence-electron chi connectivity index (χ4n) is 7.52. The van der Waals surface area contributed by atoms with Crippen LogP contribution in [0.3, 0.4) is 0 Å². The van der Waals surface area contributed by atoms with Gasteiger partial charge in [0, 0.05) is 36.0 Å². The Kier molecular flexibility index (Phi) is 6.98. The summed E-state index contributed by atoms with van der Waals surface area (Å²) < 4.78 is 52.2. The lowest BCUT2D eigenvalue weighted by Gasteiger charge is -2.34. The van der Waals surface area contributed by atoms with E-state index in [0.29, 0.717) is 29.8 Å². The number of rotatable bonds is 7. The Hall–Kier alpha value is -3.22. The van der Waals surface area contributed by atoms with Crippen LogP contribution in [0.15, 0.2) is 35.5 Å². The highest BCUT2D eigenvalue weighted by molar-refractivity contribution is 7.98. The number of alkyl halides is 3. The summed E-state index contributed by atoms with van der Waals surface area (Å²) in [5.74, 6) is 1.07. The Bertz CT molecular complexity index is 1580. The third-order valence-corrected chi connectivity index (χ3v) is 10.9. The lowest BCUT2D eigenvalue weighted by Crippen LogP contribution is -2.41. The van der Waals surface area contributed by atoms with Crippen LogP contribution in [-0.4, -0.2) is 55.3 Å². The van der Waals surface area contributed by atoms with E-state index in [1.54, 1.807) is 29.1 Å². The number of amides is 1. The minimum Gasteiger partial charge on any atom is -0.477 e. The molecule has 4 aliphatic rings. The molecule has 2 unspecified atom stereocenters. The predicted octanol–water partition coefficient (Wildman–Crippen LogP) is 6.78. The summed E-state index contributed by atoms with van der Waals surface area (Å²) in [6.45, 7) is 7.23. The highest BCUT2D eigenvalue weighted by Gasteiger charge is 2.62. The van der Waals surface area contributed by atoms with Gasteiger partial charge in [-0.1, -0.05) is 19.8 Å². The second-order valence-corrected chi connectivity index (χ2v) is 14.4. The Morgan fingerprint density at radius 2 is 1.98 bits per heavy atom. The molecule has 3 aromatic rings. The van der Waals surface area contributed by atoms with Crippen LogP contribution in [0.25, 0.3) is 5.82 Å². The van der Waals surface area contributed by atoms with E-state index in [0.717, 1.165) is 49.1 Å². The Balaban J connectivity index is 1.19. The fourth-order valence-corrected chi connectivity index (χ4v) is 8.35. The maximum absolute atomic E-state index is 13.6. The molecule has 1 saturated carbocycles. The fraction of sp³-hybridized carbons (Fsp3) is 0.613. The number of anilines is 1. The van der Waals surface area contributed by atoms with Crippen molar-refractivity contribution in [2.24, 2.45) is 5.41 Å². The van der Waals surface area contributed by atoms with E-state index in [2.05, 4.69) is 46.4 Å². The third kappa shape index (κ3) is 4.95. The summed E-state index contributed by atoms with van der Waals surface area (Å²) in [6.07, 6.45) is 6.04. The van der Waals surface area contributed by atoms with Gasteiger partial charge in [0.2, 0.25) is 5.88 Å². The summed E-state index contributed by atoms with van der Waals surface area (Å²) >= 11 is 1.34. The molecule has 44 heavy (non-hydrogen) atoms. The number of nitrogens with one attached hydrogen (secondary N) is 1. The van der Waals surface area contributed by atoms with Crippen LogP contribution in [0, 0.1) is 5.41 Å². The molecule has 1 N–H and O–H groups in total. The van der Waals surface area contributed by atoms with Crippen LogP contribution in [0.5, 0.6) is 5.88 Å². The molecule has 6 heterocycles. The molecule has 3 aromatic heterocycles. The SMILES string of the molecule is CCCC1CCCC23CN(c4nc(-n5ccc(OCCC6(C(F)(F)F)CC6)n5)ccc4C(=O)NSc4cn1nc42)C(C)(C)C3. The monoisotopic (exact) mass is 629 g/mol. The number of pyridine rings is 1. The third-order valence-electron chi connectivity index (χ3n) is 10.1. The highest BCUT2D eigenvalue weighted by atomic mass is 32.2. The van der Waals surface area contributed by atoms with Crippen molar-refractivity contribution < 1.29 is 22.7 Å². The van der Waals surface area contributed by atoms with Crippen LogP contribution >= 0.6 is 11.9 Å². The lowest BCUT2D eigenvalue weighted by molar-refractivity contribution is -0.190. The van der Waals surface area contributed by atoms with Gasteiger partial charge in [-0.25, -0.2) is 9.67 Å². The number of ether oxygens (including phenoxy) is 1. The minimum absolute atomic E-state index is 0.0625. The summed E-state index contributed by atoms with van der Waals surface area (Å²) in [7, 11) is 0. The maximum atomic E-state index is 13.6. The van der Waals surface area contributed by atoms with Gasteiger partial charge >= 0.3 is 6.18 Å². The molecular formula is C31H38F3N7O2S. The van der Waals surface area contributed by atoms with Crippen molar-refractivity contribution in [3.05, 3.63) is 41.9 Å². The maximum Gasteiger partial charge on any atom is 0.394 e. The predicted molar refractivity (Wildman–Crippen MR) is 160 cm³/mol. The molecule has 236 valence electrons. The largest absolute Gasteiger partial charge is 0.477 e. The number of hydrogen-bond donors (Lipinski definition) is 1. The standard InChI is InChI=1S/C31H38F3N7O2S/c1-4-6-20-7-5-11-29-18-28(2,3)39(19-29)26-21(27(42)38-44-22-17-41(20)37-25(22)29)8-9-23(35-26)40-15-10-24(36-40)43-16-14-30(12-13-30)31(32,33)34/h8-10,15,17,20H,4-7,11-14,16,18-19H2,1-3H3,(H,38,42). The second-order valence-electron chi connectivity index (χ2n) is 13.6. The molecule has 1 amide bonds. The molecule has 0 radical (unpaired) electrons. The number of carbonyl (C=O) groups is 1. The molecule has 7 rings (SSSR count). The first kappa shape index (κ1) is 29.5. The van der Waals surface area contributed by atoms with Gasteiger partial charge in [0.05, 0.1) is 34.2 Å². The summed E-state index contributed by atoms with van der Waals surface area (Å²) in [6, 6.07) is 5.49. The second kappa shape index (κ2) is 10.4. The van der Waals surface area contributed by atoms with Gasteiger partial charge in [0.1, 0.15) is 5.82 Å². The van der Waals surface area contributed by atoms with Gasteiger partial charge in [-0.05, 0) is 82.9 Å². The van der Waals surface area contributed by atoms with Crippen molar-refractivity contribution in [3.8, 4) is 11.7 Å². The number of nitrogens with zero attached hydrogens (tertiary/aromatic N) is 6. The number of halogens is 3. The van der Waals surface area contributed by atoms with Crippen molar-refractivity contribution in [1.29, 1.82) is 0 Å². The van der Waals surface area contributed by atoms with E-state index in [-0.39, 0.29) is 48.6 Å². The average molecular weight is 630 g/mol. The first-order valence-corrected chi connectivity index (χ1v) is 16.4. The number of hydrogen-bond acceptors (Lipinski definition) is 7. The smallest absolute Gasteiger partial charge is 0.394 e. The van der Waals surface area contributed by atoms with E-state index < -0.39 is 11.6 Å². The van der Waals surface area contributed by atoms with Crippen molar-refractivity contribution >= 4 is 23.7 Å². The Morgan fingerprint density at radius 3 is 2.73 bits per heavy atom. The highest BCUT2D eigenvalue weighted by Crippen LogP contribution is 2.60. The molecule has 3 aliphatic heterocycles. The van der Waals surface area contributed by atoms with Crippen LogP contribution in [-0.2, 0) is 5.41 Å². The van der Waals surface area contributed by atoms with Crippen LogP contribution in [0.2, 0.25) is 0 Å². The van der Waals surface area contributed by atoms with E-state index in [1.807, 2.05) is 0 Å². The van der Waals surface area contributed by atoms with Crippen LogP contribution in [0.4, 0.5) is 19.0 Å². The number of fused-ring (bicyclic) bond motifs is 4. The van der Waals surface area contributed by atoms with Gasteiger partial charge in [-0.2, -0.15) is 18.3 Å². The van der Waals surface area contributed by atoms with Crippen molar-refractivity contribution in [2.45, 2.75) is 107 Å². The molecule has 1 aliphatic carbocycles. The molecule has 2 fully saturated rings. The van der Waals surface area contributed by atoms with Crippen LogP contribution < -0.4 is 14.4 Å². The molecule has 1 spiro atoms. The number of carbonyl (C=O) groups excluding carboxylic acids is 1. The average Bonchev–Trinajstić information content (AvgIpc) is 3.30. The van der Waals surface area contributed by atoms with E-state index >= 15 is 0 Å². The molecule has 0 aromatic carbocycles. The van der Waals surface area contributed by atoms with Gasteiger partial charge in [-0.3, -0.25) is 14.2 Å². The Morgan fingerprint density at radius 1 is 1.16 bits per heavy atom. The first-order valence-electron chi connectivity index (χ1n) is 15.5. The zero-order chi connectivity index (χ0) is 30.9. The minimum atomic E-state index is -4.21. The number of aromatic nitrogens is 5. The zero-order valence-electron chi connectivity index (χ0n) is 25.3. The van der Waals surface area contributed by atoms with Crippen molar-refractivity contribution in [3.63, 3.8) is 0 Å². The Labute approximate surface area is 259 Å². The quantitative estimate of drug-likeness (QED) is 0.288. The normalized spacial score (nSPS) is 25.1. The van der Waals surface area contributed by atoms with Crippen molar-refractivity contribution in [2.75, 3.05) is 18.1 Å². The van der Waals surface area contributed by atoms with Crippen LogP contribution in [0.1, 0.15) is 101 Å². The first-order chi connectivity index (χ1) is 20.9. The molecular weight excluding hydrogens is 591 g/mol. The van der Waals surface area contributed by atoms with E-state index in [9.17, 15) is 18.0 Å². The molecule has 9 nitrogen and oxygen atoms in total. The molecule has 2 atom stereocenters. The van der Waals surface area contributed by atoms with Crippen molar-refractivity contribution in [1.82, 2.24) is 29.3 Å². The van der Waals surface area contributed by atoms with Gasteiger partial charge in [-0.15, -0.1) is 5.10 Å². The summed E-state index contributed by atoms with van der Waals surface area (Å²) in [5, 5.41) is 9.64. The molecule has 1 saturated heterocycles. The summed E-state index contributed by atoms with van der Waals surface area (Å²) in [5.41, 5.74) is -0.575. The van der Waals surface area contributed by atoms with E-state index in [4.69, 9.17) is 14.8 Å². The molecule has 4 bridgehead atoms. The lowest BCUT2D eigenvalue weighted by atomic mass is 9.75. The summed E-state index contributed by atoms with van der Waals surface area (Å²) in [4.78, 5) is 21.9. The van der Waals surface area contributed by atoms with Gasteiger partial charge in [0.25, 0.3) is 5.91 Å².